The molecule has 0 spiro atoms. The topological polar surface area (TPSA) is 81.9 Å². The lowest BCUT2D eigenvalue weighted by molar-refractivity contribution is 0.409. The molecule has 0 unspecified atom stereocenters. The highest BCUT2D eigenvalue weighted by Gasteiger charge is 2.11. The summed E-state index contributed by atoms with van der Waals surface area (Å²) in [7, 11) is 1.68. The number of benzene rings is 2. The number of hydrogen-bond donors (Lipinski definition) is 1. The lowest BCUT2D eigenvalue weighted by Gasteiger charge is -2.17. The van der Waals surface area contributed by atoms with Crippen LogP contribution < -0.4 is 15.6 Å². The van der Waals surface area contributed by atoms with Crippen molar-refractivity contribution >= 4 is 16.6 Å². The van der Waals surface area contributed by atoms with Gasteiger partial charge in [0, 0.05) is 17.5 Å². The number of para-hydroxylation sites is 1. The van der Waals surface area contributed by atoms with E-state index >= 15 is 0 Å². The van der Waals surface area contributed by atoms with Crippen LogP contribution in [0.15, 0.2) is 65.6 Å². The molecular weight excluding hydrogens is 390 g/mol. The molecule has 0 radical (unpaired) electrons. The first-order valence-corrected chi connectivity index (χ1v) is 10.2. The van der Waals surface area contributed by atoms with Crippen molar-refractivity contribution in [2.75, 3.05) is 12.4 Å². The maximum atomic E-state index is 12.8. The van der Waals surface area contributed by atoms with Crippen molar-refractivity contribution in [3.8, 4) is 5.75 Å². The molecule has 158 valence electrons. The molecule has 0 fully saturated rings. The van der Waals surface area contributed by atoms with Gasteiger partial charge in [0.05, 0.1) is 30.9 Å². The molecule has 4 aromatic rings. The standard InChI is InChI=1S/C24H25N5O2/c1-16(12-18-8-5-7-11-22(18)31-3)26-23-13-20(27-17(2)28-23)15-29-24(30)21-10-6-4-9-19(21)14-25-29/h4-11,13-14,16H,12,15H2,1-3H3,(H,26,27,28)/t16-/m1/s1. The number of hydrogen-bond acceptors (Lipinski definition) is 6. The SMILES string of the molecule is COc1ccccc1C[C@@H](C)Nc1cc(Cn2ncc3ccccc3c2=O)nc(C)n1. The van der Waals surface area contributed by atoms with Gasteiger partial charge in [-0.1, -0.05) is 36.4 Å². The van der Waals surface area contributed by atoms with Gasteiger partial charge in [-0.15, -0.1) is 0 Å². The second kappa shape index (κ2) is 8.95. The van der Waals surface area contributed by atoms with Gasteiger partial charge in [0.15, 0.2) is 0 Å². The van der Waals surface area contributed by atoms with E-state index in [9.17, 15) is 4.79 Å². The molecule has 1 atom stereocenters. The van der Waals surface area contributed by atoms with Crippen molar-refractivity contribution in [3.05, 3.63) is 88.2 Å². The zero-order valence-electron chi connectivity index (χ0n) is 17.9. The molecule has 0 aliphatic rings. The average Bonchev–Trinajstić information content (AvgIpc) is 2.76. The van der Waals surface area contributed by atoms with Gasteiger partial charge >= 0.3 is 0 Å². The van der Waals surface area contributed by atoms with Crippen LogP contribution in [0.3, 0.4) is 0 Å². The molecule has 0 saturated heterocycles. The molecule has 2 aromatic carbocycles. The third kappa shape index (κ3) is 4.71. The Hall–Kier alpha value is -3.74. The lowest BCUT2D eigenvalue weighted by Crippen LogP contribution is -2.24. The second-order valence-electron chi connectivity index (χ2n) is 7.55. The van der Waals surface area contributed by atoms with E-state index in [0.717, 1.165) is 34.6 Å². The number of methoxy groups -OCH3 is 1. The van der Waals surface area contributed by atoms with E-state index in [1.54, 1.807) is 13.3 Å². The summed E-state index contributed by atoms with van der Waals surface area (Å²) in [6, 6.07) is 17.4. The number of nitrogens with zero attached hydrogens (tertiary/aromatic N) is 4. The van der Waals surface area contributed by atoms with E-state index in [-0.39, 0.29) is 18.1 Å². The number of fused-ring (bicyclic) bond motifs is 1. The Labute approximate surface area is 180 Å². The normalized spacial score (nSPS) is 12.0. The fourth-order valence-corrected chi connectivity index (χ4v) is 3.68. The highest BCUT2D eigenvalue weighted by atomic mass is 16.5. The average molecular weight is 415 g/mol. The van der Waals surface area contributed by atoms with Crippen LogP contribution in [-0.4, -0.2) is 32.9 Å². The molecule has 7 heteroatoms. The minimum Gasteiger partial charge on any atom is -0.496 e. The van der Waals surface area contributed by atoms with Crippen molar-refractivity contribution in [2.24, 2.45) is 0 Å². The number of ether oxygens (including phenoxy) is 1. The van der Waals surface area contributed by atoms with Crippen molar-refractivity contribution in [1.82, 2.24) is 19.7 Å². The highest BCUT2D eigenvalue weighted by Crippen LogP contribution is 2.20. The van der Waals surface area contributed by atoms with Crippen molar-refractivity contribution in [1.29, 1.82) is 0 Å². The first kappa shape index (κ1) is 20.5. The van der Waals surface area contributed by atoms with Gasteiger partial charge in [-0.2, -0.15) is 5.10 Å². The summed E-state index contributed by atoms with van der Waals surface area (Å²) in [4.78, 5) is 21.8. The van der Waals surface area contributed by atoms with Gasteiger partial charge in [0.1, 0.15) is 17.4 Å². The third-order valence-electron chi connectivity index (χ3n) is 5.08. The van der Waals surface area contributed by atoms with Crippen LogP contribution in [0, 0.1) is 6.92 Å². The fraction of sp³-hybridized carbons (Fsp3) is 0.250. The highest BCUT2D eigenvalue weighted by molar-refractivity contribution is 5.80. The molecule has 0 aliphatic heterocycles. The van der Waals surface area contributed by atoms with Crippen LogP contribution in [0.5, 0.6) is 5.75 Å². The summed E-state index contributed by atoms with van der Waals surface area (Å²) in [5.41, 5.74) is 1.72. The molecule has 4 rings (SSSR count). The smallest absolute Gasteiger partial charge is 0.274 e. The second-order valence-corrected chi connectivity index (χ2v) is 7.55. The third-order valence-corrected chi connectivity index (χ3v) is 5.08. The number of anilines is 1. The molecule has 2 aromatic heterocycles. The van der Waals surface area contributed by atoms with E-state index in [2.05, 4.69) is 33.4 Å². The number of aryl methyl sites for hydroxylation is 1. The van der Waals surface area contributed by atoms with Gasteiger partial charge in [0.25, 0.3) is 5.56 Å². The van der Waals surface area contributed by atoms with Crippen LogP contribution in [0.1, 0.15) is 24.0 Å². The van der Waals surface area contributed by atoms with Gasteiger partial charge in [-0.25, -0.2) is 14.6 Å². The Morgan fingerprint density at radius 1 is 1.10 bits per heavy atom. The lowest BCUT2D eigenvalue weighted by atomic mass is 10.1. The number of rotatable bonds is 7. The van der Waals surface area contributed by atoms with Gasteiger partial charge < -0.3 is 10.1 Å². The summed E-state index contributed by atoms with van der Waals surface area (Å²) in [6.45, 7) is 4.22. The predicted molar refractivity (Wildman–Crippen MR) is 122 cm³/mol. The Kier molecular flexibility index (Phi) is 5.93. The predicted octanol–water partition coefficient (Wildman–Crippen LogP) is 3.59. The maximum Gasteiger partial charge on any atom is 0.274 e. The van der Waals surface area contributed by atoms with Gasteiger partial charge in [0.2, 0.25) is 0 Å². The van der Waals surface area contributed by atoms with Crippen LogP contribution >= 0.6 is 0 Å². The molecule has 0 bridgehead atoms. The van der Waals surface area contributed by atoms with E-state index in [1.807, 2.05) is 55.5 Å². The van der Waals surface area contributed by atoms with Gasteiger partial charge in [-0.3, -0.25) is 4.79 Å². The molecule has 1 N–H and O–H groups in total. The van der Waals surface area contributed by atoms with Crippen molar-refractivity contribution in [2.45, 2.75) is 32.9 Å². The molecular formula is C24H25N5O2. The Morgan fingerprint density at radius 3 is 2.71 bits per heavy atom. The molecule has 0 saturated carbocycles. The largest absolute Gasteiger partial charge is 0.496 e. The van der Waals surface area contributed by atoms with Gasteiger partial charge in [-0.05, 0) is 38.0 Å². The Bertz CT molecular complexity index is 1270. The van der Waals surface area contributed by atoms with E-state index in [0.29, 0.717) is 11.2 Å². The minimum absolute atomic E-state index is 0.125. The molecule has 31 heavy (non-hydrogen) atoms. The van der Waals surface area contributed by atoms with E-state index in [4.69, 9.17) is 4.74 Å². The quantitative estimate of drug-likeness (QED) is 0.497. The first-order chi connectivity index (χ1) is 15.0. The molecule has 0 amide bonds. The minimum atomic E-state index is -0.131. The van der Waals surface area contributed by atoms with E-state index in [1.165, 1.54) is 4.68 Å². The fourth-order valence-electron chi connectivity index (χ4n) is 3.68. The summed E-state index contributed by atoms with van der Waals surface area (Å²) >= 11 is 0. The van der Waals surface area contributed by atoms with Crippen LogP contribution in [0.2, 0.25) is 0 Å². The Balaban J connectivity index is 1.53. The molecule has 0 aliphatic carbocycles. The zero-order valence-corrected chi connectivity index (χ0v) is 17.9. The summed E-state index contributed by atoms with van der Waals surface area (Å²) in [5, 5.41) is 9.22. The van der Waals surface area contributed by atoms with E-state index < -0.39 is 0 Å². The van der Waals surface area contributed by atoms with Crippen molar-refractivity contribution in [3.63, 3.8) is 0 Å². The van der Waals surface area contributed by atoms with Crippen LogP contribution in [0.25, 0.3) is 10.8 Å². The summed E-state index contributed by atoms with van der Waals surface area (Å²) in [5.74, 6) is 2.23. The van der Waals surface area contributed by atoms with Crippen LogP contribution in [0.4, 0.5) is 5.82 Å². The summed E-state index contributed by atoms with van der Waals surface area (Å²) in [6.07, 6.45) is 2.49. The van der Waals surface area contributed by atoms with Crippen LogP contribution in [-0.2, 0) is 13.0 Å². The molecule has 2 heterocycles. The monoisotopic (exact) mass is 415 g/mol. The Morgan fingerprint density at radius 2 is 1.87 bits per heavy atom. The van der Waals surface area contributed by atoms with Crippen molar-refractivity contribution < 1.29 is 4.74 Å². The zero-order chi connectivity index (χ0) is 21.8. The maximum absolute atomic E-state index is 12.8. The number of nitrogens with one attached hydrogen (secondary N) is 1. The number of aromatic nitrogens is 4. The first-order valence-electron chi connectivity index (χ1n) is 10.2. The summed E-state index contributed by atoms with van der Waals surface area (Å²) < 4.78 is 6.89. The molecule has 7 nitrogen and oxygen atoms in total.